The van der Waals surface area contributed by atoms with Gasteiger partial charge in [-0.1, -0.05) is 56.3 Å². The molecule has 5 rings (SSSR count). The van der Waals surface area contributed by atoms with Crippen LogP contribution in [0.5, 0.6) is 5.88 Å². The predicted octanol–water partition coefficient (Wildman–Crippen LogP) is 2.04. The zero-order valence-corrected chi connectivity index (χ0v) is 28.1. The van der Waals surface area contributed by atoms with Crippen LogP contribution in [0.2, 0.25) is 0 Å². The molecule has 15 heteroatoms. The molecule has 0 fully saturated rings. The quantitative estimate of drug-likeness (QED) is 0.0665. The number of ether oxygens (including phenoxy) is 2. The number of imidazole rings is 1. The van der Waals surface area contributed by atoms with Crippen LogP contribution in [0.15, 0.2) is 65.8 Å². The van der Waals surface area contributed by atoms with E-state index in [0.29, 0.717) is 36.1 Å². The molecule has 0 saturated carbocycles. The highest BCUT2D eigenvalue weighted by Crippen LogP contribution is 2.23. The summed E-state index contributed by atoms with van der Waals surface area (Å²) in [6.07, 6.45) is 7.46. The van der Waals surface area contributed by atoms with Gasteiger partial charge >= 0.3 is 5.97 Å². The molecule has 3 N–H and O–H groups in total. The van der Waals surface area contributed by atoms with Gasteiger partial charge in [0.15, 0.2) is 5.78 Å². The van der Waals surface area contributed by atoms with Crippen molar-refractivity contribution in [1.82, 2.24) is 34.9 Å². The van der Waals surface area contributed by atoms with Crippen LogP contribution in [-0.2, 0) is 26.2 Å². The van der Waals surface area contributed by atoms with Crippen LogP contribution in [0.25, 0.3) is 12.2 Å². The van der Waals surface area contributed by atoms with Crippen molar-refractivity contribution in [2.24, 2.45) is 0 Å². The van der Waals surface area contributed by atoms with Gasteiger partial charge in [0.25, 0.3) is 5.56 Å². The highest BCUT2D eigenvalue weighted by Gasteiger charge is 2.20. The van der Waals surface area contributed by atoms with E-state index in [9.17, 15) is 28.7 Å². The molecule has 0 aliphatic rings. The first-order valence-electron chi connectivity index (χ1n) is 16.0. The number of aliphatic hydroxyl groups excluding tert-OH is 1. The third-order valence-electron chi connectivity index (χ3n) is 7.64. The van der Waals surface area contributed by atoms with Gasteiger partial charge in [-0.15, -0.1) is 5.10 Å². The largest absolute Gasteiger partial charge is 0.438 e. The lowest BCUT2D eigenvalue weighted by Crippen LogP contribution is -2.38. The van der Waals surface area contributed by atoms with Gasteiger partial charge in [-0.05, 0) is 48.8 Å². The van der Waals surface area contributed by atoms with Gasteiger partial charge in [-0.3, -0.25) is 14.4 Å². The van der Waals surface area contributed by atoms with Crippen LogP contribution < -0.4 is 21.0 Å². The van der Waals surface area contributed by atoms with Crippen LogP contribution in [-0.4, -0.2) is 71.5 Å². The Balaban J connectivity index is 1.36. The molecule has 0 radical (unpaired) electrons. The first-order chi connectivity index (χ1) is 24.4. The van der Waals surface area contributed by atoms with Gasteiger partial charge in [0.05, 0.1) is 24.3 Å². The Bertz CT molecular complexity index is 2220. The Morgan fingerprint density at radius 3 is 2.59 bits per heavy atom. The van der Waals surface area contributed by atoms with Crippen LogP contribution in [0.4, 0.5) is 4.39 Å². The molecule has 0 aliphatic carbocycles. The summed E-state index contributed by atoms with van der Waals surface area (Å²) >= 11 is 0. The number of ketones is 1. The number of carbonyl (C=O) groups is 3. The molecule has 14 nitrogen and oxygen atoms in total. The van der Waals surface area contributed by atoms with E-state index in [1.807, 2.05) is 20.8 Å². The summed E-state index contributed by atoms with van der Waals surface area (Å²) in [6, 6.07) is 11.0. The number of rotatable bonds is 14. The summed E-state index contributed by atoms with van der Waals surface area (Å²) in [4.78, 5) is 64.6. The number of esters is 1. The number of aromatic nitrogens is 7. The number of aldehydes is 1. The van der Waals surface area contributed by atoms with Gasteiger partial charge < -0.3 is 29.3 Å². The molecule has 3 heterocycles. The number of aliphatic hydroxyl groups is 1. The number of aryl methyl sites for hydroxylation is 1. The Labute approximate surface area is 290 Å². The average Bonchev–Trinajstić information content (AvgIpc) is 3.77. The molecule has 0 spiro atoms. The number of aromatic amines is 2. The third-order valence-corrected chi connectivity index (χ3v) is 7.64. The summed E-state index contributed by atoms with van der Waals surface area (Å²) in [5, 5.41) is 17.2. The lowest BCUT2D eigenvalue weighted by atomic mass is 9.90. The Morgan fingerprint density at radius 1 is 1.10 bits per heavy atom. The van der Waals surface area contributed by atoms with Crippen molar-refractivity contribution in [2.75, 3.05) is 13.4 Å². The Hall–Kier alpha value is -6.09. The summed E-state index contributed by atoms with van der Waals surface area (Å²) in [6.45, 7) is 5.07. The molecule has 0 bridgehead atoms. The molecule has 0 aliphatic heterocycles. The first-order valence-corrected chi connectivity index (χ1v) is 16.0. The van der Waals surface area contributed by atoms with E-state index in [1.165, 1.54) is 41.5 Å². The molecule has 0 saturated heterocycles. The molecule has 2 aromatic carbocycles. The minimum absolute atomic E-state index is 0.0251. The van der Waals surface area contributed by atoms with E-state index in [4.69, 9.17) is 9.47 Å². The molecule has 264 valence electrons. The topological polar surface area (TPSA) is 195 Å². The number of H-pyrrole nitrogens is 2. The summed E-state index contributed by atoms with van der Waals surface area (Å²) in [7, 11) is 0. The maximum atomic E-state index is 13.7. The third kappa shape index (κ3) is 9.33. The van der Waals surface area contributed by atoms with Crippen molar-refractivity contribution in [3.8, 4) is 5.88 Å². The SMILES string of the molecule is CC(C)(C)c1[nH]cnc1/C=c1\[nH]c(=O)/c(=C/c2cccc(C(=O)c3cccc(F)c3)c2)nc1OCOC(=O)CCCc1cn(C(C=O)CO)nn1. The lowest BCUT2D eigenvalue weighted by Gasteiger charge is -2.17. The molecular weight excluding hydrogens is 661 g/mol. The smallest absolute Gasteiger partial charge is 0.308 e. The second kappa shape index (κ2) is 16.1. The molecular formula is C36H36FN7O7. The van der Waals surface area contributed by atoms with Crippen molar-refractivity contribution in [3.05, 3.63) is 122 Å². The van der Waals surface area contributed by atoms with E-state index in [2.05, 4.69) is 30.2 Å². The first kappa shape index (κ1) is 36.2. The molecule has 51 heavy (non-hydrogen) atoms. The standard InChI is InChI=1S/C36H36FN7O7/c1-36(2,3)33-28(38-20-39-33)16-30-35(51-21-50-31(47)12-6-11-26-17-44(43-42-26)27(18-45)19-46)41-29(34(49)40-30)14-22-7-4-8-23(13-22)32(48)24-9-5-10-25(37)15-24/h4-5,7-10,13-18,20,27,46H,6,11-12,19,21H2,1-3H3,(H,38,39)(H,40,49)/b29-14-,30-16-. The van der Waals surface area contributed by atoms with Crippen molar-refractivity contribution in [2.45, 2.75) is 51.5 Å². The number of nitrogens with one attached hydrogen (secondary N) is 2. The molecule has 0 amide bonds. The summed E-state index contributed by atoms with van der Waals surface area (Å²) in [5.41, 5.74) is 1.95. The average molecular weight is 698 g/mol. The van der Waals surface area contributed by atoms with Crippen LogP contribution >= 0.6 is 0 Å². The number of hydrogen-bond donors (Lipinski definition) is 3. The van der Waals surface area contributed by atoms with Crippen molar-refractivity contribution in [3.63, 3.8) is 0 Å². The maximum absolute atomic E-state index is 13.7. The Morgan fingerprint density at radius 2 is 1.86 bits per heavy atom. The van der Waals surface area contributed by atoms with Gasteiger partial charge in [0.2, 0.25) is 12.7 Å². The second-order valence-electron chi connectivity index (χ2n) is 12.5. The summed E-state index contributed by atoms with van der Waals surface area (Å²) in [5.74, 6) is -1.54. The van der Waals surface area contributed by atoms with Crippen LogP contribution in [0.1, 0.15) is 78.2 Å². The fraction of sp³-hybridized carbons (Fsp3) is 0.278. The predicted molar refractivity (Wildman–Crippen MR) is 182 cm³/mol. The number of hydrogen-bond acceptors (Lipinski definition) is 11. The van der Waals surface area contributed by atoms with E-state index in [0.717, 1.165) is 11.8 Å². The van der Waals surface area contributed by atoms with Gasteiger partial charge in [0.1, 0.15) is 28.8 Å². The fourth-order valence-corrected chi connectivity index (χ4v) is 5.06. The number of nitrogens with zero attached hydrogens (tertiary/aromatic N) is 5. The van der Waals surface area contributed by atoms with Crippen molar-refractivity contribution in [1.29, 1.82) is 0 Å². The van der Waals surface area contributed by atoms with Crippen LogP contribution in [0.3, 0.4) is 0 Å². The molecule has 1 unspecified atom stereocenters. The highest BCUT2D eigenvalue weighted by molar-refractivity contribution is 6.09. The zero-order chi connectivity index (χ0) is 36.5. The maximum Gasteiger partial charge on any atom is 0.308 e. The Kier molecular flexibility index (Phi) is 11.4. The molecule has 1 atom stereocenters. The minimum Gasteiger partial charge on any atom is -0.438 e. The van der Waals surface area contributed by atoms with E-state index < -0.39 is 42.6 Å². The zero-order valence-electron chi connectivity index (χ0n) is 28.1. The minimum atomic E-state index is -0.829. The number of carbonyl (C=O) groups excluding carboxylic acids is 3. The van der Waals surface area contributed by atoms with Crippen LogP contribution in [0, 0.1) is 5.82 Å². The van der Waals surface area contributed by atoms with E-state index in [-0.39, 0.29) is 39.5 Å². The molecule has 3 aromatic heterocycles. The number of halogens is 1. The monoisotopic (exact) mass is 697 g/mol. The van der Waals surface area contributed by atoms with E-state index in [1.54, 1.807) is 30.3 Å². The van der Waals surface area contributed by atoms with Gasteiger partial charge in [-0.25, -0.2) is 19.0 Å². The summed E-state index contributed by atoms with van der Waals surface area (Å²) < 4.78 is 26.1. The fourth-order valence-electron chi connectivity index (χ4n) is 5.06. The number of benzene rings is 2. The lowest BCUT2D eigenvalue weighted by molar-refractivity contribution is -0.150. The van der Waals surface area contributed by atoms with E-state index >= 15 is 0 Å². The normalized spacial score (nSPS) is 12.9. The second-order valence-corrected chi connectivity index (χ2v) is 12.5. The molecule has 5 aromatic rings. The highest BCUT2D eigenvalue weighted by atomic mass is 19.1. The van der Waals surface area contributed by atoms with Crippen molar-refractivity contribution < 1.29 is 33.4 Å². The van der Waals surface area contributed by atoms with Crippen molar-refractivity contribution >= 4 is 30.2 Å². The van der Waals surface area contributed by atoms with Gasteiger partial charge in [-0.2, -0.15) is 0 Å². The van der Waals surface area contributed by atoms with Gasteiger partial charge in [0, 0.05) is 34.9 Å².